The van der Waals surface area contributed by atoms with Crippen LogP contribution in [0.2, 0.25) is 0 Å². The van der Waals surface area contributed by atoms with E-state index in [2.05, 4.69) is 30.8 Å². The summed E-state index contributed by atoms with van der Waals surface area (Å²) in [6, 6.07) is 16.5. The van der Waals surface area contributed by atoms with Crippen LogP contribution in [0.15, 0.2) is 90.0 Å². The molecule has 0 spiro atoms. The van der Waals surface area contributed by atoms with E-state index in [1.165, 1.54) is 6.20 Å². The molecular weight excluding hydrogens is 390 g/mol. The molecule has 2 heterocycles. The van der Waals surface area contributed by atoms with Crippen molar-refractivity contribution in [2.75, 3.05) is 10.6 Å². The Kier molecular flexibility index (Phi) is 5.70. The number of hydrogen-bond donors (Lipinski definition) is 4. The summed E-state index contributed by atoms with van der Waals surface area (Å²) in [7, 11) is 0. The number of amidine groups is 1. The molecule has 0 unspecified atom stereocenters. The second-order valence-electron chi connectivity index (χ2n) is 6.89. The number of carbonyl (C=O) groups excluding carboxylic acids is 1. The molecule has 0 bridgehead atoms. The maximum atomic E-state index is 12.3. The first-order chi connectivity index (χ1) is 15.1. The van der Waals surface area contributed by atoms with E-state index in [-0.39, 0.29) is 5.91 Å². The number of H-pyrrole nitrogens is 1. The van der Waals surface area contributed by atoms with E-state index < -0.39 is 0 Å². The predicted octanol–water partition coefficient (Wildman–Crippen LogP) is 4.21. The predicted molar refractivity (Wildman–Crippen MR) is 123 cm³/mol. The highest BCUT2D eigenvalue weighted by molar-refractivity contribution is 6.04. The van der Waals surface area contributed by atoms with Crippen molar-refractivity contribution in [1.82, 2.24) is 15.2 Å². The topological polar surface area (TPSA) is 121 Å². The Morgan fingerprint density at radius 1 is 1.10 bits per heavy atom. The molecule has 31 heavy (non-hydrogen) atoms. The van der Waals surface area contributed by atoms with Gasteiger partial charge in [-0.1, -0.05) is 6.07 Å². The Morgan fingerprint density at radius 3 is 2.81 bits per heavy atom. The van der Waals surface area contributed by atoms with Gasteiger partial charge in [-0.2, -0.15) is 5.10 Å². The monoisotopic (exact) mass is 411 g/mol. The van der Waals surface area contributed by atoms with Gasteiger partial charge >= 0.3 is 0 Å². The van der Waals surface area contributed by atoms with Crippen LogP contribution in [0.1, 0.15) is 17.3 Å². The first kappa shape index (κ1) is 19.8. The number of aromatic nitrogens is 3. The number of aromatic amines is 1. The number of nitrogens with one attached hydrogen (secondary N) is 3. The van der Waals surface area contributed by atoms with Crippen LogP contribution >= 0.6 is 0 Å². The quantitative estimate of drug-likeness (QED) is 0.280. The van der Waals surface area contributed by atoms with E-state index in [0.29, 0.717) is 17.1 Å². The Hall–Kier alpha value is -4.46. The smallest absolute Gasteiger partial charge is 0.257 e. The molecule has 0 aliphatic heterocycles. The number of pyridine rings is 1. The van der Waals surface area contributed by atoms with E-state index in [0.717, 1.165) is 27.9 Å². The molecule has 8 heteroatoms. The van der Waals surface area contributed by atoms with Crippen molar-refractivity contribution in [3.63, 3.8) is 0 Å². The number of fused-ring (bicyclic) bond motifs is 1. The van der Waals surface area contributed by atoms with Gasteiger partial charge in [0.2, 0.25) is 0 Å². The molecule has 0 saturated carbocycles. The molecule has 2 aromatic carbocycles. The Labute approximate surface area is 178 Å². The maximum Gasteiger partial charge on any atom is 0.257 e. The van der Waals surface area contributed by atoms with E-state index in [1.807, 2.05) is 49.4 Å². The summed E-state index contributed by atoms with van der Waals surface area (Å²) in [5.74, 6) is 0.180. The first-order valence-corrected chi connectivity index (χ1v) is 9.61. The lowest BCUT2D eigenvalue weighted by Gasteiger charge is -2.08. The number of carbonyl (C=O) groups is 1. The summed E-state index contributed by atoms with van der Waals surface area (Å²) in [5.41, 5.74) is 10.6. The molecular formula is C23H21N7O. The molecule has 154 valence electrons. The van der Waals surface area contributed by atoms with Gasteiger partial charge in [0.1, 0.15) is 5.84 Å². The number of nitrogens with zero attached hydrogens (tertiary/aromatic N) is 3. The molecule has 0 radical (unpaired) electrons. The minimum Gasteiger partial charge on any atom is -0.383 e. The van der Waals surface area contributed by atoms with Crippen LogP contribution in [0.3, 0.4) is 0 Å². The second-order valence-corrected chi connectivity index (χ2v) is 6.89. The largest absolute Gasteiger partial charge is 0.383 e. The third kappa shape index (κ3) is 4.94. The fourth-order valence-electron chi connectivity index (χ4n) is 2.88. The summed E-state index contributed by atoms with van der Waals surface area (Å²) in [5, 5.41) is 13.9. The maximum absolute atomic E-state index is 12.3. The van der Waals surface area contributed by atoms with Gasteiger partial charge in [-0.3, -0.25) is 14.9 Å². The van der Waals surface area contributed by atoms with Crippen molar-refractivity contribution >= 4 is 39.7 Å². The van der Waals surface area contributed by atoms with Gasteiger partial charge in [-0.25, -0.2) is 4.99 Å². The Balaban J connectivity index is 1.43. The van der Waals surface area contributed by atoms with Crippen LogP contribution < -0.4 is 16.4 Å². The molecule has 0 atom stereocenters. The lowest BCUT2D eigenvalue weighted by atomic mass is 10.2. The zero-order chi connectivity index (χ0) is 21.6. The fourth-order valence-corrected chi connectivity index (χ4v) is 2.88. The number of rotatable bonds is 6. The van der Waals surface area contributed by atoms with E-state index in [9.17, 15) is 4.79 Å². The van der Waals surface area contributed by atoms with Crippen molar-refractivity contribution in [2.24, 2.45) is 10.7 Å². The van der Waals surface area contributed by atoms with Crippen molar-refractivity contribution in [1.29, 1.82) is 0 Å². The van der Waals surface area contributed by atoms with Crippen LogP contribution in [-0.4, -0.2) is 26.9 Å². The molecule has 0 aliphatic rings. The molecule has 0 saturated heterocycles. The van der Waals surface area contributed by atoms with Gasteiger partial charge in [0.15, 0.2) is 0 Å². The summed E-state index contributed by atoms with van der Waals surface area (Å²) in [6.45, 7) is 1.87. The molecule has 0 fully saturated rings. The molecule has 2 aromatic heterocycles. The third-order valence-corrected chi connectivity index (χ3v) is 4.58. The van der Waals surface area contributed by atoms with Crippen LogP contribution in [-0.2, 0) is 0 Å². The lowest BCUT2D eigenvalue weighted by molar-refractivity contribution is 0.102. The summed E-state index contributed by atoms with van der Waals surface area (Å²) in [6.07, 6.45) is 6.67. The summed E-state index contributed by atoms with van der Waals surface area (Å²) >= 11 is 0. The van der Waals surface area contributed by atoms with Crippen molar-refractivity contribution < 1.29 is 4.79 Å². The minimum atomic E-state index is -0.219. The molecule has 0 aliphatic carbocycles. The van der Waals surface area contributed by atoms with Crippen molar-refractivity contribution in [3.05, 3.63) is 90.5 Å². The van der Waals surface area contributed by atoms with Crippen molar-refractivity contribution in [3.8, 4) is 0 Å². The van der Waals surface area contributed by atoms with Gasteiger partial charge in [0, 0.05) is 40.9 Å². The zero-order valence-electron chi connectivity index (χ0n) is 16.8. The molecule has 8 nitrogen and oxygen atoms in total. The van der Waals surface area contributed by atoms with Gasteiger partial charge in [0.25, 0.3) is 5.91 Å². The highest BCUT2D eigenvalue weighted by Crippen LogP contribution is 2.20. The average Bonchev–Trinajstić information content (AvgIpc) is 3.26. The number of hydrogen-bond acceptors (Lipinski definition) is 5. The van der Waals surface area contributed by atoms with Gasteiger partial charge in [-0.05, 0) is 55.5 Å². The molecule has 1 amide bonds. The Morgan fingerprint density at radius 2 is 1.97 bits per heavy atom. The van der Waals surface area contributed by atoms with Crippen LogP contribution in [0.5, 0.6) is 0 Å². The average molecular weight is 411 g/mol. The fraction of sp³-hybridized carbons (Fsp3) is 0.0435. The normalized spacial score (nSPS) is 12.0. The molecule has 5 N–H and O–H groups in total. The number of amides is 1. The van der Waals surface area contributed by atoms with Crippen molar-refractivity contribution in [2.45, 2.75) is 6.92 Å². The highest BCUT2D eigenvalue weighted by atomic mass is 16.1. The van der Waals surface area contributed by atoms with E-state index in [1.54, 1.807) is 30.7 Å². The Bertz CT molecular complexity index is 1280. The number of nitrogens with two attached hydrogens (primary N) is 1. The van der Waals surface area contributed by atoms with Crippen LogP contribution in [0.25, 0.3) is 10.9 Å². The number of anilines is 2. The van der Waals surface area contributed by atoms with Gasteiger partial charge in [0.05, 0.1) is 23.0 Å². The first-order valence-electron chi connectivity index (χ1n) is 9.61. The van der Waals surface area contributed by atoms with Crippen LogP contribution in [0.4, 0.5) is 17.1 Å². The number of benzene rings is 2. The second kappa shape index (κ2) is 8.91. The number of aliphatic imine (C=N–C) groups is 1. The van der Waals surface area contributed by atoms with Gasteiger partial charge in [-0.15, -0.1) is 0 Å². The standard InChI is InChI=1S/C23H21N7O/c1-15(22(24)28-20-7-8-21-17(10-20)14-27-30-21)12-26-18-5-2-6-19(11-18)29-23(31)16-4-3-9-25-13-16/h2-14,26H,1H3,(H2,24,28)(H,27,30)(H,29,31)/b15-12-. The molecule has 4 aromatic rings. The molecule has 4 rings (SSSR count). The highest BCUT2D eigenvalue weighted by Gasteiger charge is 2.06. The zero-order valence-corrected chi connectivity index (χ0v) is 16.8. The third-order valence-electron chi connectivity index (χ3n) is 4.58. The van der Waals surface area contributed by atoms with E-state index >= 15 is 0 Å². The minimum absolute atomic E-state index is 0.219. The van der Waals surface area contributed by atoms with Gasteiger partial charge < -0.3 is 16.4 Å². The lowest BCUT2D eigenvalue weighted by Crippen LogP contribution is -2.14. The van der Waals surface area contributed by atoms with Crippen LogP contribution in [0, 0.1) is 0 Å². The summed E-state index contributed by atoms with van der Waals surface area (Å²) in [4.78, 5) is 20.7. The van der Waals surface area contributed by atoms with E-state index in [4.69, 9.17) is 5.73 Å². The SMILES string of the molecule is C/C(=C/Nc1cccc(NC(=O)c2cccnc2)c1)C(N)=Nc1ccc2[nH]ncc2c1. The summed E-state index contributed by atoms with van der Waals surface area (Å²) < 4.78 is 0.